The van der Waals surface area contributed by atoms with E-state index in [-0.39, 0.29) is 17.1 Å². The lowest BCUT2D eigenvalue weighted by Crippen LogP contribution is -2.27. The standard InChI is InChI=1S/C19H19FN4O3S/c1-23(2)28(26,27)18-9-4-3-6-14(18)13-21-19(25)17-10-11-24(22-17)16-8-5-7-15(20)12-16/h3-12H,13H2,1-2H3,(H,21,25). The molecule has 0 saturated heterocycles. The lowest BCUT2D eigenvalue weighted by Gasteiger charge is -2.15. The quantitative estimate of drug-likeness (QED) is 0.685. The summed E-state index contributed by atoms with van der Waals surface area (Å²) in [6, 6.07) is 13.8. The van der Waals surface area contributed by atoms with Gasteiger partial charge in [-0.15, -0.1) is 0 Å². The van der Waals surface area contributed by atoms with Crippen LogP contribution in [0.15, 0.2) is 65.7 Å². The molecular formula is C19H19FN4O3S. The number of benzene rings is 2. The van der Waals surface area contributed by atoms with Gasteiger partial charge >= 0.3 is 0 Å². The molecule has 0 bridgehead atoms. The van der Waals surface area contributed by atoms with Gasteiger partial charge in [-0.05, 0) is 35.9 Å². The minimum Gasteiger partial charge on any atom is -0.347 e. The Balaban J connectivity index is 1.76. The fraction of sp³-hybridized carbons (Fsp3) is 0.158. The van der Waals surface area contributed by atoms with Crippen molar-refractivity contribution in [1.82, 2.24) is 19.4 Å². The van der Waals surface area contributed by atoms with Crippen molar-refractivity contribution in [1.29, 1.82) is 0 Å². The second kappa shape index (κ2) is 7.91. The first kappa shape index (κ1) is 19.7. The Labute approximate surface area is 162 Å². The molecule has 1 aromatic heterocycles. The van der Waals surface area contributed by atoms with Crippen molar-refractivity contribution >= 4 is 15.9 Å². The fourth-order valence-corrected chi connectivity index (χ4v) is 3.69. The molecule has 9 heteroatoms. The Morgan fingerprint density at radius 1 is 1.14 bits per heavy atom. The first-order valence-electron chi connectivity index (χ1n) is 8.39. The number of rotatable bonds is 6. The largest absolute Gasteiger partial charge is 0.347 e. The molecule has 1 amide bonds. The number of nitrogens with zero attached hydrogens (tertiary/aromatic N) is 3. The zero-order valence-corrected chi connectivity index (χ0v) is 16.1. The second-order valence-electron chi connectivity index (χ2n) is 6.20. The maximum Gasteiger partial charge on any atom is 0.272 e. The Kier molecular flexibility index (Phi) is 5.57. The van der Waals surface area contributed by atoms with Crippen LogP contribution in [-0.2, 0) is 16.6 Å². The molecule has 2 aromatic carbocycles. The van der Waals surface area contributed by atoms with Crippen LogP contribution >= 0.6 is 0 Å². The van der Waals surface area contributed by atoms with E-state index in [1.54, 1.807) is 36.5 Å². The van der Waals surface area contributed by atoms with Crippen molar-refractivity contribution in [3.63, 3.8) is 0 Å². The molecule has 0 fully saturated rings. The van der Waals surface area contributed by atoms with Crippen LogP contribution in [0.4, 0.5) is 4.39 Å². The van der Waals surface area contributed by atoms with Crippen LogP contribution in [0.5, 0.6) is 0 Å². The normalized spacial score (nSPS) is 11.6. The van der Waals surface area contributed by atoms with E-state index in [0.29, 0.717) is 11.3 Å². The summed E-state index contributed by atoms with van der Waals surface area (Å²) < 4.78 is 40.7. The van der Waals surface area contributed by atoms with Crippen molar-refractivity contribution in [3.8, 4) is 5.69 Å². The highest BCUT2D eigenvalue weighted by atomic mass is 32.2. The molecule has 146 valence electrons. The van der Waals surface area contributed by atoms with Gasteiger partial charge in [-0.3, -0.25) is 4.79 Å². The van der Waals surface area contributed by atoms with Gasteiger partial charge in [-0.25, -0.2) is 21.8 Å². The molecule has 0 aliphatic carbocycles. The van der Waals surface area contributed by atoms with Gasteiger partial charge in [-0.2, -0.15) is 5.10 Å². The van der Waals surface area contributed by atoms with Crippen LogP contribution in [0.2, 0.25) is 0 Å². The number of hydrogen-bond donors (Lipinski definition) is 1. The van der Waals surface area contributed by atoms with E-state index in [4.69, 9.17) is 0 Å². The van der Waals surface area contributed by atoms with Crippen LogP contribution in [0.1, 0.15) is 16.1 Å². The Morgan fingerprint density at radius 3 is 2.61 bits per heavy atom. The fourth-order valence-electron chi connectivity index (χ4n) is 2.57. The zero-order chi connectivity index (χ0) is 20.3. The van der Waals surface area contributed by atoms with Crippen molar-refractivity contribution in [2.45, 2.75) is 11.4 Å². The van der Waals surface area contributed by atoms with Crippen LogP contribution in [-0.4, -0.2) is 42.5 Å². The molecule has 0 aliphatic heterocycles. The highest BCUT2D eigenvalue weighted by Gasteiger charge is 2.21. The monoisotopic (exact) mass is 402 g/mol. The van der Waals surface area contributed by atoms with Crippen molar-refractivity contribution in [3.05, 3.63) is 77.9 Å². The molecule has 0 atom stereocenters. The van der Waals surface area contributed by atoms with E-state index in [0.717, 1.165) is 4.31 Å². The van der Waals surface area contributed by atoms with Gasteiger partial charge in [0.25, 0.3) is 5.91 Å². The van der Waals surface area contributed by atoms with Crippen LogP contribution in [0.25, 0.3) is 5.69 Å². The summed E-state index contributed by atoms with van der Waals surface area (Å²) in [6.45, 7) is 0.0227. The number of hydrogen-bond acceptors (Lipinski definition) is 4. The average Bonchev–Trinajstić information content (AvgIpc) is 3.16. The number of nitrogens with one attached hydrogen (secondary N) is 1. The van der Waals surface area contributed by atoms with Gasteiger partial charge < -0.3 is 5.32 Å². The summed E-state index contributed by atoms with van der Waals surface area (Å²) >= 11 is 0. The van der Waals surface area contributed by atoms with E-state index in [1.807, 2.05) is 0 Å². The SMILES string of the molecule is CN(C)S(=O)(=O)c1ccccc1CNC(=O)c1ccn(-c2cccc(F)c2)n1. The first-order valence-corrected chi connectivity index (χ1v) is 9.83. The Bertz CT molecular complexity index is 1110. The highest BCUT2D eigenvalue weighted by molar-refractivity contribution is 7.89. The van der Waals surface area contributed by atoms with E-state index in [1.165, 1.54) is 43.0 Å². The van der Waals surface area contributed by atoms with Gasteiger partial charge in [0.15, 0.2) is 5.69 Å². The number of carbonyl (C=O) groups excluding carboxylic acids is 1. The lowest BCUT2D eigenvalue weighted by molar-refractivity contribution is 0.0945. The van der Waals surface area contributed by atoms with Gasteiger partial charge in [-0.1, -0.05) is 24.3 Å². The van der Waals surface area contributed by atoms with Gasteiger partial charge in [0.2, 0.25) is 10.0 Å². The Morgan fingerprint density at radius 2 is 1.89 bits per heavy atom. The summed E-state index contributed by atoms with van der Waals surface area (Å²) in [5.41, 5.74) is 1.09. The third-order valence-electron chi connectivity index (χ3n) is 4.07. The second-order valence-corrected chi connectivity index (χ2v) is 8.32. The van der Waals surface area contributed by atoms with Crippen molar-refractivity contribution in [2.24, 2.45) is 0 Å². The molecule has 7 nitrogen and oxygen atoms in total. The number of carbonyl (C=O) groups is 1. The lowest BCUT2D eigenvalue weighted by atomic mass is 10.2. The maximum atomic E-state index is 13.3. The summed E-state index contributed by atoms with van der Waals surface area (Å²) in [4.78, 5) is 12.5. The molecule has 0 aliphatic rings. The minimum absolute atomic E-state index is 0.0227. The Hall–Kier alpha value is -3.04. The molecular weight excluding hydrogens is 383 g/mol. The van der Waals surface area contributed by atoms with Gasteiger partial charge in [0.05, 0.1) is 10.6 Å². The van der Waals surface area contributed by atoms with Gasteiger partial charge in [0.1, 0.15) is 5.82 Å². The predicted octanol–water partition coefficient (Wildman–Crippen LogP) is 2.19. The van der Waals surface area contributed by atoms with Crippen molar-refractivity contribution < 1.29 is 17.6 Å². The van der Waals surface area contributed by atoms with E-state index < -0.39 is 21.7 Å². The number of amides is 1. The van der Waals surface area contributed by atoms with E-state index in [9.17, 15) is 17.6 Å². The summed E-state index contributed by atoms with van der Waals surface area (Å²) in [5.74, 6) is -0.870. The number of aromatic nitrogens is 2. The topological polar surface area (TPSA) is 84.3 Å². The predicted molar refractivity (Wildman–Crippen MR) is 102 cm³/mol. The first-order chi connectivity index (χ1) is 13.3. The smallest absolute Gasteiger partial charge is 0.272 e. The molecule has 0 unspecified atom stereocenters. The molecule has 1 N–H and O–H groups in total. The third-order valence-corrected chi connectivity index (χ3v) is 5.98. The summed E-state index contributed by atoms with van der Waals surface area (Å²) in [7, 11) is -0.733. The van der Waals surface area contributed by atoms with Crippen LogP contribution in [0.3, 0.4) is 0 Å². The van der Waals surface area contributed by atoms with E-state index in [2.05, 4.69) is 10.4 Å². The molecule has 0 saturated carbocycles. The zero-order valence-electron chi connectivity index (χ0n) is 15.3. The third kappa shape index (κ3) is 4.10. The molecule has 0 radical (unpaired) electrons. The molecule has 3 rings (SSSR count). The highest BCUT2D eigenvalue weighted by Crippen LogP contribution is 2.18. The molecule has 3 aromatic rings. The number of halogens is 1. The molecule has 28 heavy (non-hydrogen) atoms. The maximum absolute atomic E-state index is 13.3. The molecule has 1 heterocycles. The average molecular weight is 402 g/mol. The van der Waals surface area contributed by atoms with Gasteiger partial charge in [0, 0.05) is 26.8 Å². The molecule has 0 spiro atoms. The summed E-state index contributed by atoms with van der Waals surface area (Å²) in [5, 5.41) is 6.82. The van der Waals surface area contributed by atoms with E-state index >= 15 is 0 Å². The van der Waals surface area contributed by atoms with Crippen molar-refractivity contribution in [2.75, 3.05) is 14.1 Å². The van der Waals surface area contributed by atoms with Crippen LogP contribution < -0.4 is 5.32 Å². The van der Waals surface area contributed by atoms with Crippen LogP contribution in [0, 0.1) is 5.82 Å². The summed E-state index contributed by atoms with van der Waals surface area (Å²) in [6.07, 6.45) is 1.55. The number of sulfonamides is 1. The minimum atomic E-state index is -3.63.